The van der Waals surface area contributed by atoms with E-state index >= 15 is 0 Å². The lowest BCUT2D eigenvalue weighted by Gasteiger charge is -2.33. The van der Waals surface area contributed by atoms with Gasteiger partial charge in [-0.1, -0.05) is 13.8 Å². The lowest BCUT2D eigenvalue weighted by molar-refractivity contribution is 0.164. The van der Waals surface area contributed by atoms with E-state index in [4.69, 9.17) is 0 Å². The molecule has 0 amide bonds. The van der Waals surface area contributed by atoms with Gasteiger partial charge in [-0.2, -0.15) is 17.4 Å². The molecule has 2 atom stereocenters. The molecular formula is C13H29N3O3S. The summed E-state index contributed by atoms with van der Waals surface area (Å²) in [6.45, 7) is 5.72. The first-order valence-corrected chi connectivity index (χ1v) is 8.73. The Morgan fingerprint density at radius 3 is 2.55 bits per heavy atom. The predicted molar refractivity (Wildman–Crippen MR) is 80.6 cm³/mol. The average Bonchev–Trinajstić information content (AvgIpc) is 2.37. The summed E-state index contributed by atoms with van der Waals surface area (Å²) in [5.41, 5.74) is 0. The van der Waals surface area contributed by atoms with E-state index in [1.807, 2.05) is 32.8 Å². The molecule has 0 aromatic rings. The molecule has 1 aliphatic heterocycles. The van der Waals surface area contributed by atoms with Gasteiger partial charge in [-0.3, -0.25) is 0 Å². The fraction of sp³-hybridized carbons (Fsp3) is 1.00. The van der Waals surface area contributed by atoms with Crippen LogP contribution in [-0.2, 0) is 10.2 Å². The van der Waals surface area contributed by atoms with Crippen LogP contribution in [0.2, 0.25) is 0 Å². The van der Waals surface area contributed by atoms with Gasteiger partial charge in [0.25, 0.3) is 10.2 Å². The third-order valence-electron chi connectivity index (χ3n) is 3.75. The van der Waals surface area contributed by atoms with Crippen molar-refractivity contribution in [1.29, 1.82) is 0 Å². The Hall–Kier alpha value is -0.210. The van der Waals surface area contributed by atoms with Gasteiger partial charge in [-0.05, 0) is 38.8 Å². The second kappa shape index (κ2) is 7.70. The summed E-state index contributed by atoms with van der Waals surface area (Å²) in [7, 11) is 0.403. The van der Waals surface area contributed by atoms with E-state index in [-0.39, 0.29) is 24.5 Å². The second-order valence-corrected chi connectivity index (χ2v) is 7.99. The van der Waals surface area contributed by atoms with E-state index in [1.165, 1.54) is 4.31 Å². The maximum atomic E-state index is 12.5. The number of aliphatic hydroxyl groups is 1. The Balaban J connectivity index is 2.71. The van der Waals surface area contributed by atoms with Crippen molar-refractivity contribution < 1.29 is 13.5 Å². The number of aliphatic hydroxyl groups excluding tert-OH is 1. The van der Waals surface area contributed by atoms with Crippen LogP contribution >= 0.6 is 0 Å². The molecule has 0 aliphatic carbocycles. The SMILES string of the molecule is CC(C)C(CN(C)C)NS(=O)(=O)N1CCCC(CO)C1. The van der Waals surface area contributed by atoms with Crippen LogP contribution in [-0.4, -0.2) is 69.1 Å². The highest BCUT2D eigenvalue weighted by Crippen LogP contribution is 2.18. The fourth-order valence-electron chi connectivity index (χ4n) is 2.44. The van der Waals surface area contributed by atoms with Crippen molar-refractivity contribution in [2.24, 2.45) is 11.8 Å². The van der Waals surface area contributed by atoms with E-state index in [1.54, 1.807) is 0 Å². The highest BCUT2D eigenvalue weighted by Gasteiger charge is 2.31. The summed E-state index contributed by atoms with van der Waals surface area (Å²) in [5, 5.41) is 9.22. The minimum Gasteiger partial charge on any atom is -0.396 e. The van der Waals surface area contributed by atoms with Crippen molar-refractivity contribution in [3.05, 3.63) is 0 Å². The molecular weight excluding hydrogens is 278 g/mol. The smallest absolute Gasteiger partial charge is 0.279 e. The summed E-state index contributed by atoms with van der Waals surface area (Å²) in [5.74, 6) is 0.289. The molecule has 0 radical (unpaired) electrons. The summed E-state index contributed by atoms with van der Waals surface area (Å²) in [6, 6.07) is -0.107. The van der Waals surface area contributed by atoms with Crippen molar-refractivity contribution in [2.75, 3.05) is 40.3 Å². The molecule has 1 rings (SSSR count). The number of rotatable bonds is 7. The van der Waals surface area contributed by atoms with Crippen molar-refractivity contribution >= 4 is 10.2 Å². The van der Waals surface area contributed by atoms with E-state index in [0.29, 0.717) is 19.6 Å². The van der Waals surface area contributed by atoms with Gasteiger partial charge in [0.1, 0.15) is 0 Å². The van der Waals surface area contributed by atoms with Crippen molar-refractivity contribution in [3.8, 4) is 0 Å². The molecule has 0 saturated carbocycles. The molecule has 120 valence electrons. The van der Waals surface area contributed by atoms with Crippen LogP contribution in [0.4, 0.5) is 0 Å². The molecule has 20 heavy (non-hydrogen) atoms. The Morgan fingerprint density at radius 1 is 1.40 bits per heavy atom. The summed E-state index contributed by atoms with van der Waals surface area (Å²) < 4.78 is 29.2. The number of hydrogen-bond donors (Lipinski definition) is 2. The lowest BCUT2D eigenvalue weighted by Crippen LogP contribution is -2.53. The van der Waals surface area contributed by atoms with Gasteiger partial charge in [-0.25, -0.2) is 0 Å². The highest BCUT2D eigenvalue weighted by molar-refractivity contribution is 7.87. The molecule has 2 unspecified atom stereocenters. The van der Waals surface area contributed by atoms with Crippen molar-refractivity contribution in [3.63, 3.8) is 0 Å². The molecule has 1 aliphatic rings. The Labute approximate surface area is 123 Å². The molecule has 1 heterocycles. The number of piperidine rings is 1. The van der Waals surface area contributed by atoms with Gasteiger partial charge in [0.05, 0.1) is 0 Å². The van der Waals surface area contributed by atoms with Gasteiger partial charge >= 0.3 is 0 Å². The maximum absolute atomic E-state index is 12.5. The zero-order valence-electron chi connectivity index (χ0n) is 13.0. The fourth-order valence-corrected chi connectivity index (χ4v) is 4.09. The topological polar surface area (TPSA) is 72.9 Å². The number of nitrogens with zero attached hydrogens (tertiary/aromatic N) is 2. The highest BCUT2D eigenvalue weighted by atomic mass is 32.2. The number of nitrogens with one attached hydrogen (secondary N) is 1. The largest absolute Gasteiger partial charge is 0.396 e. The van der Waals surface area contributed by atoms with Crippen molar-refractivity contribution in [2.45, 2.75) is 32.7 Å². The molecule has 0 aromatic carbocycles. The molecule has 0 bridgehead atoms. The van der Waals surface area contributed by atoms with Crippen LogP contribution in [0.25, 0.3) is 0 Å². The van der Waals surface area contributed by atoms with E-state index in [9.17, 15) is 13.5 Å². The summed E-state index contributed by atoms with van der Waals surface area (Å²) in [4.78, 5) is 1.99. The van der Waals surface area contributed by atoms with Crippen LogP contribution in [0.3, 0.4) is 0 Å². The lowest BCUT2D eigenvalue weighted by atomic mass is 10.0. The van der Waals surface area contributed by atoms with Gasteiger partial charge in [-0.15, -0.1) is 0 Å². The molecule has 0 aromatic heterocycles. The van der Waals surface area contributed by atoms with Crippen LogP contribution in [0.15, 0.2) is 0 Å². The molecule has 2 N–H and O–H groups in total. The normalized spacial score (nSPS) is 23.4. The zero-order chi connectivity index (χ0) is 15.3. The zero-order valence-corrected chi connectivity index (χ0v) is 13.9. The first-order valence-electron chi connectivity index (χ1n) is 7.29. The quantitative estimate of drug-likeness (QED) is 0.700. The number of hydrogen-bond acceptors (Lipinski definition) is 4. The Kier molecular flexibility index (Phi) is 6.87. The van der Waals surface area contributed by atoms with E-state index in [0.717, 1.165) is 12.8 Å². The van der Waals surface area contributed by atoms with Gasteiger partial charge in [0, 0.05) is 32.3 Å². The third kappa shape index (κ3) is 5.29. The molecule has 7 heteroatoms. The van der Waals surface area contributed by atoms with Crippen LogP contribution in [0.1, 0.15) is 26.7 Å². The first-order chi connectivity index (χ1) is 9.26. The summed E-state index contributed by atoms with van der Waals surface area (Å²) >= 11 is 0. The Bertz CT molecular complexity index is 384. The number of likely N-dealkylation sites (N-methyl/N-ethyl adjacent to an activating group) is 1. The third-order valence-corrected chi connectivity index (χ3v) is 5.36. The predicted octanol–water partition coefficient (Wildman–Crippen LogP) is 0.111. The molecule has 1 fully saturated rings. The van der Waals surface area contributed by atoms with Gasteiger partial charge < -0.3 is 10.0 Å². The van der Waals surface area contributed by atoms with Crippen LogP contribution in [0.5, 0.6) is 0 Å². The molecule has 0 spiro atoms. The molecule has 1 saturated heterocycles. The first kappa shape index (κ1) is 17.8. The monoisotopic (exact) mass is 307 g/mol. The minimum absolute atomic E-state index is 0.0529. The molecule has 6 nitrogen and oxygen atoms in total. The second-order valence-electron chi connectivity index (χ2n) is 6.28. The van der Waals surface area contributed by atoms with Gasteiger partial charge in [0.2, 0.25) is 0 Å². The van der Waals surface area contributed by atoms with Crippen molar-refractivity contribution in [1.82, 2.24) is 13.9 Å². The van der Waals surface area contributed by atoms with E-state index in [2.05, 4.69) is 4.72 Å². The minimum atomic E-state index is -3.47. The summed E-state index contributed by atoms with van der Waals surface area (Å²) in [6.07, 6.45) is 1.71. The average molecular weight is 307 g/mol. The Morgan fingerprint density at radius 2 is 2.05 bits per heavy atom. The maximum Gasteiger partial charge on any atom is 0.279 e. The standard InChI is InChI=1S/C13H29N3O3S/c1-11(2)13(9-15(3)4)14-20(18,19)16-7-5-6-12(8-16)10-17/h11-14,17H,5-10H2,1-4H3. The van der Waals surface area contributed by atoms with Crippen LogP contribution in [0, 0.1) is 11.8 Å². The van der Waals surface area contributed by atoms with Crippen LogP contribution < -0.4 is 4.72 Å². The van der Waals surface area contributed by atoms with E-state index < -0.39 is 10.2 Å². The van der Waals surface area contributed by atoms with Gasteiger partial charge in [0.15, 0.2) is 0 Å².